The Bertz CT molecular complexity index is 2740. The lowest BCUT2D eigenvalue weighted by atomic mass is 9.80. The lowest BCUT2D eigenvalue weighted by Crippen LogP contribution is -2.49. The van der Waals surface area contributed by atoms with Gasteiger partial charge in [0.1, 0.15) is 22.8 Å². The van der Waals surface area contributed by atoms with Gasteiger partial charge in [-0.3, -0.25) is 0 Å². The minimum absolute atomic E-state index is 0.0821. The predicted molar refractivity (Wildman–Crippen MR) is 266 cm³/mol. The van der Waals surface area contributed by atoms with Crippen LogP contribution in [0.1, 0.15) is 92.9 Å². The van der Waals surface area contributed by atoms with Crippen molar-refractivity contribution in [2.45, 2.75) is 138 Å². The van der Waals surface area contributed by atoms with Gasteiger partial charge >= 0.3 is 31.3 Å². The van der Waals surface area contributed by atoms with Gasteiger partial charge in [0, 0.05) is 78.1 Å². The molecule has 24 heteroatoms. The Labute approximate surface area is 428 Å². The Morgan fingerprint density at radius 2 is 1.03 bits per heavy atom. The molecule has 2 aromatic carbocycles. The van der Waals surface area contributed by atoms with E-state index < -0.39 is 49.6 Å². The van der Waals surface area contributed by atoms with E-state index in [-0.39, 0.29) is 69.1 Å². The second-order valence-corrected chi connectivity index (χ2v) is 25.5. The highest BCUT2D eigenvalue weighted by Gasteiger charge is 2.46. The fraction of sp³-hybridized carbons (Fsp3) is 0.542. The first kappa shape index (κ1) is 56.3. The molecule has 4 fully saturated rings. The number of halogens is 3. The van der Waals surface area contributed by atoms with Gasteiger partial charge in [0.05, 0.1) is 27.5 Å². The van der Waals surface area contributed by atoms with Crippen LogP contribution in [0.15, 0.2) is 75.4 Å². The first-order valence-electron chi connectivity index (χ1n) is 23.5. The number of rotatable bonds is 10. The van der Waals surface area contributed by atoms with Crippen LogP contribution in [-0.2, 0) is 29.1 Å². The van der Waals surface area contributed by atoms with Crippen LogP contribution < -0.4 is 14.9 Å². The van der Waals surface area contributed by atoms with E-state index in [0.717, 1.165) is 92.6 Å². The highest BCUT2D eigenvalue weighted by Crippen LogP contribution is 2.41. The number of ether oxygens (including phenoxy) is 4. The number of carbonyl (C=O) groups is 2. The molecule has 8 rings (SSSR count). The normalized spacial score (nSPS) is 21.6. The number of sulfone groups is 2. The zero-order chi connectivity index (χ0) is 52.9. The molecule has 0 aliphatic carbocycles. The molecule has 4 atom stereocenters. The van der Waals surface area contributed by atoms with Crippen molar-refractivity contribution in [2.75, 3.05) is 25.7 Å². The van der Waals surface area contributed by atoms with Gasteiger partial charge < -0.3 is 38.8 Å². The number of nitrogens with zero attached hydrogens (tertiary/aromatic N) is 6. The van der Waals surface area contributed by atoms with Gasteiger partial charge in [-0.05, 0) is 145 Å². The lowest BCUT2D eigenvalue weighted by Gasteiger charge is -2.39. The molecule has 72 heavy (non-hydrogen) atoms. The molecule has 4 aliphatic heterocycles. The van der Waals surface area contributed by atoms with Crippen LogP contribution in [0.25, 0.3) is 11.1 Å². The molecule has 2 amide bonds. The van der Waals surface area contributed by atoms with Crippen LogP contribution in [0.2, 0.25) is 0 Å². The van der Waals surface area contributed by atoms with Gasteiger partial charge in [0.15, 0.2) is 19.7 Å². The number of fused-ring (bicyclic) bond motifs is 4. The summed E-state index contributed by atoms with van der Waals surface area (Å²) in [7, 11) is -8.90. The second kappa shape index (κ2) is 23.0. The monoisotopic (exact) mass is 1110 g/mol. The van der Waals surface area contributed by atoms with Crippen molar-refractivity contribution in [1.82, 2.24) is 29.7 Å². The molecule has 0 spiro atoms. The molecule has 392 valence electrons. The number of piperidine rings is 2. The third kappa shape index (κ3) is 15.5. The van der Waals surface area contributed by atoms with Crippen LogP contribution in [-0.4, -0.2) is 137 Å². The number of benzene rings is 2. The molecule has 2 N–H and O–H groups in total. The molecule has 4 unspecified atom stereocenters. The summed E-state index contributed by atoms with van der Waals surface area (Å²) >= 11 is 3.31. The van der Waals surface area contributed by atoms with Crippen molar-refractivity contribution in [3.8, 4) is 23.1 Å². The van der Waals surface area contributed by atoms with E-state index in [4.69, 9.17) is 29.0 Å². The Balaban J connectivity index is 0.000000193. The fourth-order valence-corrected chi connectivity index (χ4v) is 10.7. The minimum atomic E-state index is -3.49. The largest absolute Gasteiger partial charge is 0.491 e. The first-order chi connectivity index (χ1) is 33.5. The quantitative estimate of drug-likeness (QED) is 0.153. The number of aromatic nitrogens is 4. The maximum Gasteiger partial charge on any atom is 0.491 e. The topological polar surface area (TPSA) is 238 Å². The van der Waals surface area contributed by atoms with Gasteiger partial charge in [-0.15, -0.1) is 0 Å². The summed E-state index contributed by atoms with van der Waals surface area (Å²) in [6.45, 7) is 12.4. The van der Waals surface area contributed by atoms with E-state index >= 15 is 0 Å². The standard InChI is InChI=1S/C24H30FN3O5S.C17H24BrN3O3.C7H8BFO4S/c1-24(2,3)33-23(29)28-17-5-6-18(28)10-15(9-17)14-32-22-26-12-16(13-27-22)20-8-7-19(11-21(20)25)34(4,30)31;1-17(2,3)24-16(22)21-13-4-5-14(21)7-11(6-13)10-23-15-19-8-12(18)9-20-15;1-14(12,13)5-2-3-6(8(10)11)7(9)4-5/h7-8,11-13,15,17-18H,5-6,9-10,14H2,1-4H3;8-9,11,13-14H,4-7,10H2,1-3H3;2-4,10-11H,1H3. The van der Waals surface area contributed by atoms with Crippen molar-refractivity contribution < 1.29 is 64.2 Å². The molecule has 6 heterocycles. The van der Waals surface area contributed by atoms with Crippen LogP contribution in [0, 0.1) is 23.5 Å². The second-order valence-electron chi connectivity index (χ2n) is 20.5. The Hall–Kier alpha value is -5.04. The average Bonchev–Trinajstić information content (AvgIpc) is 3.71. The maximum atomic E-state index is 14.4. The predicted octanol–water partition coefficient (Wildman–Crippen LogP) is 6.95. The van der Waals surface area contributed by atoms with Crippen molar-refractivity contribution in [3.63, 3.8) is 0 Å². The third-order valence-corrected chi connectivity index (χ3v) is 15.0. The molecule has 0 radical (unpaired) electrons. The Morgan fingerprint density at radius 3 is 1.38 bits per heavy atom. The van der Waals surface area contributed by atoms with E-state index in [1.807, 2.05) is 51.3 Å². The summed E-state index contributed by atoms with van der Waals surface area (Å²) in [4.78, 5) is 45.3. The minimum Gasteiger partial charge on any atom is -0.463 e. The fourth-order valence-electron chi connectivity index (χ4n) is 9.28. The van der Waals surface area contributed by atoms with Gasteiger partial charge in [0.25, 0.3) is 0 Å². The van der Waals surface area contributed by atoms with E-state index in [1.165, 1.54) is 24.5 Å². The summed E-state index contributed by atoms with van der Waals surface area (Å²) in [5.74, 6) is -0.913. The number of carbonyl (C=O) groups excluding carboxylic acids is 2. The number of amides is 2. The number of hydrogen-bond donors (Lipinski definition) is 2. The van der Waals surface area contributed by atoms with Crippen molar-refractivity contribution in [2.24, 2.45) is 11.8 Å². The van der Waals surface area contributed by atoms with Gasteiger partial charge in [-0.1, -0.05) is 12.1 Å². The third-order valence-electron chi connectivity index (χ3n) is 12.3. The zero-order valence-electron chi connectivity index (χ0n) is 41.5. The summed E-state index contributed by atoms with van der Waals surface area (Å²) in [6.07, 6.45) is 15.4. The molecule has 4 aromatic rings. The lowest BCUT2D eigenvalue weighted by molar-refractivity contribution is -0.00221. The Kier molecular flexibility index (Phi) is 18.0. The van der Waals surface area contributed by atoms with Crippen molar-refractivity contribution >= 4 is 60.4 Å². The Morgan fingerprint density at radius 1 is 0.653 bits per heavy atom. The van der Waals surface area contributed by atoms with Gasteiger partial charge in [0.2, 0.25) is 0 Å². The molecule has 4 bridgehead atoms. The SMILES string of the molecule is CC(C)(C)OC(=O)N1C2CCC1CC(COc1ncc(-c3ccc(S(C)(=O)=O)cc3F)cn1)C2.CC(C)(C)OC(=O)N1C2CCC1CC(COc1ncc(Br)cn1)C2.CS(=O)(=O)c1ccc(B(O)O)c(F)c1. The van der Waals surface area contributed by atoms with E-state index in [0.29, 0.717) is 30.7 Å². The van der Waals surface area contributed by atoms with Crippen LogP contribution in [0.5, 0.6) is 12.0 Å². The van der Waals surface area contributed by atoms with Crippen LogP contribution in [0.3, 0.4) is 0 Å². The van der Waals surface area contributed by atoms with Gasteiger partial charge in [-0.25, -0.2) is 55.1 Å². The molecule has 2 aromatic heterocycles. The van der Waals surface area contributed by atoms with E-state index in [2.05, 4.69) is 35.9 Å². The summed E-state index contributed by atoms with van der Waals surface area (Å²) < 4.78 is 96.1. The summed E-state index contributed by atoms with van der Waals surface area (Å²) in [6, 6.07) is 8.08. The van der Waals surface area contributed by atoms with Crippen LogP contribution in [0.4, 0.5) is 18.4 Å². The molecule has 0 saturated carbocycles. The molecular weight excluding hydrogens is 1050 g/mol. The molecule has 18 nitrogen and oxygen atoms in total. The smallest absolute Gasteiger partial charge is 0.463 e. The molecule has 4 aliphatic rings. The van der Waals surface area contributed by atoms with Crippen molar-refractivity contribution in [1.29, 1.82) is 0 Å². The molecule has 4 saturated heterocycles. The number of hydrogen-bond acceptors (Lipinski definition) is 16. The van der Waals surface area contributed by atoms with Crippen molar-refractivity contribution in [3.05, 3.63) is 77.3 Å². The van der Waals surface area contributed by atoms with E-state index in [9.17, 15) is 35.2 Å². The van der Waals surface area contributed by atoms with Crippen LogP contribution >= 0.6 is 15.9 Å². The van der Waals surface area contributed by atoms with Gasteiger partial charge in [-0.2, -0.15) is 0 Å². The highest BCUT2D eigenvalue weighted by molar-refractivity contribution is 9.10. The average molecular weight is 1110 g/mol. The summed E-state index contributed by atoms with van der Waals surface area (Å²) in [5.41, 5.74) is -0.676. The zero-order valence-corrected chi connectivity index (χ0v) is 44.7. The summed E-state index contributed by atoms with van der Waals surface area (Å²) in [5, 5.41) is 17.3. The first-order valence-corrected chi connectivity index (χ1v) is 28.1. The highest BCUT2D eigenvalue weighted by atomic mass is 79.9. The van der Waals surface area contributed by atoms with E-state index in [1.54, 1.807) is 12.4 Å². The maximum absolute atomic E-state index is 14.4. The molecular formula is C48H62BBrF2N6O12S2.